The molecule has 0 saturated carbocycles. The Balaban J connectivity index is 1.84. The minimum absolute atomic E-state index is 0.280. The largest absolute Gasteiger partial charge is 0.323 e. The molecule has 1 aromatic carbocycles. The third-order valence-corrected chi connectivity index (χ3v) is 3.85. The maximum absolute atomic E-state index is 12.2. The van der Waals surface area contributed by atoms with Crippen molar-refractivity contribution < 1.29 is 4.79 Å². The van der Waals surface area contributed by atoms with Gasteiger partial charge in [0.15, 0.2) is 0 Å². The molecule has 0 aliphatic rings. The molecule has 106 valence electrons. The van der Waals surface area contributed by atoms with Crippen molar-refractivity contribution in [2.24, 2.45) is 5.73 Å². The monoisotopic (exact) mass is 300 g/mol. The summed E-state index contributed by atoms with van der Waals surface area (Å²) in [5.41, 5.74) is 7.22. The summed E-state index contributed by atoms with van der Waals surface area (Å²) in [6, 6.07) is 10.2. The number of carbonyl (C=O) groups is 1. The van der Waals surface area contributed by atoms with Gasteiger partial charge in [-0.1, -0.05) is 18.2 Å². The van der Waals surface area contributed by atoms with Crippen molar-refractivity contribution in [3.05, 3.63) is 53.0 Å². The third kappa shape index (κ3) is 2.81. The van der Waals surface area contributed by atoms with E-state index in [1.54, 1.807) is 6.07 Å². The summed E-state index contributed by atoms with van der Waals surface area (Å²) in [5, 5.41) is 15.7. The van der Waals surface area contributed by atoms with E-state index in [2.05, 4.69) is 20.8 Å². The van der Waals surface area contributed by atoms with E-state index in [-0.39, 0.29) is 5.91 Å². The Morgan fingerprint density at radius 1 is 1.29 bits per heavy atom. The van der Waals surface area contributed by atoms with Gasteiger partial charge in [0.05, 0.1) is 11.4 Å². The molecule has 1 atom stereocenters. The molecule has 0 aliphatic heterocycles. The Morgan fingerprint density at radius 2 is 2.14 bits per heavy atom. The maximum atomic E-state index is 12.2. The second-order valence-electron chi connectivity index (χ2n) is 4.25. The van der Waals surface area contributed by atoms with Gasteiger partial charge in [-0.05, 0) is 34.0 Å². The zero-order chi connectivity index (χ0) is 14.7. The van der Waals surface area contributed by atoms with Gasteiger partial charge < -0.3 is 11.1 Å². The molecule has 0 bridgehead atoms. The van der Waals surface area contributed by atoms with E-state index in [1.807, 2.05) is 35.7 Å². The van der Waals surface area contributed by atoms with Gasteiger partial charge in [-0.2, -0.15) is 4.68 Å². The van der Waals surface area contributed by atoms with Crippen molar-refractivity contribution in [3.63, 3.8) is 0 Å². The summed E-state index contributed by atoms with van der Waals surface area (Å²) < 4.78 is 1.48. The first-order valence-corrected chi connectivity index (χ1v) is 7.06. The zero-order valence-corrected chi connectivity index (χ0v) is 11.7. The predicted molar refractivity (Wildman–Crippen MR) is 79.0 cm³/mol. The minimum atomic E-state index is -0.702. The van der Waals surface area contributed by atoms with Crippen LogP contribution in [0.3, 0.4) is 0 Å². The van der Waals surface area contributed by atoms with Crippen LogP contribution < -0.4 is 11.1 Å². The number of anilines is 1. The van der Waals surface area contributed by atoms with E-state index < -0.39 is 6.04 Å². The van der Waals surface area contributed by atoms with Crippen molar-refractivity contribution in [2.75, 3.05) is 5.32 Å². The first-order chi connectivity index (χ1) is 10.3. The summed E-state index contributed by atoms with van der Waals surface area (Å²) in [7, 11) is 0. The van der Waals surface area contributed by atoms with Crippen molar-refractivity contribution in [3.8, 4) is 5.69 Å². The predicted octanol–water partition coefficient (Wildman–Crippen LogP) is 1.36. The fraction of sp³-hybridized carbons (Fsp3) is 0.0769. The molecular weight excluding hydrogens is 288 g/mol. The number of nitrogens with two attached hydrogens (primary N) is 1. The molecule has 3 aromatic rings. The molecule has 21 heavy (non-hydrogen) atoms. The minimum Gasteiger partial charge on any atom is -0.323 e. The number of nitrogens with one attached hydrogen (secondary N) is 1. The average molecular weight is 300 g/mol. The van der Waals surface area contributed by atoms with E-state index in [0.29, 0.717) is 11.4 Å². The smallest absolute Gasteiger partial charge is 0.246 e. The summed E-state index contributed by atoms with van der Waals surface area (Å²) in [6.45, 7) is 0. The number of carbonyl (C=O) groups excluding carboxylic acids is 1. The molecule has 8 heteroatoms. The number of para-hydroxylation sites is 2. The van der Waals surface area contributed by atoms with Crippen LogP contribution in [0.25, 0.3) is 5.69 Å². The van der Waals surface area contributed by atoms with Crippen LogP contribution in [0.4, 0.5) is 5.69 Å². The summed E-state index contributed by atoms with van der Waals surface area (Å²) in [5.74, 6) is -0.280. The van der Waals surface area contributed by atoms with Gasteiger partial charge in [-0.25, -0.2) is 0 Å². The third-order valence-electron chi connectivity index (χ3n) is 2.89. The van der Waals surface area contributed by atoms with Gasteiger partial charge in [0.2, 0.25) is 5.91 Å². The molecular formula is C13H12N6OS. The van der Waals surface area contributed by atoms with E-state index in [4.69, 9.17) is 5.73 Å². The second kappa shape index (κ2) is 5.81. The summed E-state index contributed by atoms with van der Waals surface area (Å²) in [4.78, 5) is 13.1. The lowest BCUT2D eigenvalue weighted by molar-refractivity contribution is -0.117. The highest BCUT2D eigenvalue weighted by molar-refractivity contribution is 7.10. The Kier molecular flexibility index (Phi) is 3.71. The van der Waals surface area contributed by atoms with E-state index in [1.165, 1.54) is 22.3 Å². The highest BCUT2D eigenvalue weighted by atomic mass is 32.1. The molecule has 0 saturated heterocycles. The maximum Gasteiger partial charge on any atom is 0.246 e. The number of hydrogen-bond donors (Lipinski definition) is 2. The van der Waals surface area contributed by atoms with Crippen LogP contribution in [-0.2, 0) is 4.79 Å². The van der Waals surface area contributed by atoms with Gasteiger partial charge in [0.1, 0.15) is 12.4 Å². The number of amides is 1. The quantitative estimate of drug-likeness (QED) is 0.758. The van der Waals surface area contributed by atoms with Crippen LogP contribution in [0.1, 0.15) is 10.9 Å². The molecule has 0 spiro atoms. The Bertz CT molecular complexity index is 725. The first kappa shape index (κ1) is 13.4. The molecule has 2 aromatic heterocycles. The van der Waals surface area contributed by atoms with E-state index >= 15 is 0 Å². The molecule has 0 fully saturated rings. The molecule has 7 nitrogen and oxygen atoms in total. The van der Waals surface area contributed by atoms with Gasteiger partial charge in [0, 0.05) is 4.88 Å². The number of thiophene rings is 1. The number of rotatable bonds is 4. The lowest BCUT2D eigenvalue weighted by Gasteiger charge is -2.13. The molecule has 3 rings (SSSR count). The second-order valence-corrected chi connectivity index (χ2v) is 5.23. The molecule has 1 unspecified atom stereocenters. The number of nitrogens with zero attached hydrogens (tertiary/aromatic N) is 4. The highest BCUT2D eigenvalue weighted by Crippen LogP contribution is 2.22. The number of hydrogen-bond acceptors (Lipinski definition) is 6. The van der Waals surface area contributed by atoms with Gasteiger partial charge in [-0.15, -0.1) is 16.4 Å². The normalized spacial score (nSPS) is 12.0. The fourth-order valence-electron chi connectivity index (χ4n) is 1.86. The number of aromatic nitrogens is 4. The number of benzene rings is 1. The van der Waals surface area contributed by atoms with Crippen molar-refractivity contribution in [2.45, 2.75) is 6.04 Å². The Hall–Kier alpha value is -2.58. The van der Waals surface area contributed by atoms with Crippen molar-refractivity contribution in [1.29, 1.82) is 0 Å². The van der Waals surface area contributed by atoms with Crippen molar-refractivity contribution in [1.82, 2.24) is 20.2 Å². The first-order valence-electron chi connectivity index (χ1n) is 6.18. The number of tetrazole rings is 1. The van der Waals surface area contributed by atoms with Crippen LogP contribution in [-0.4, -0.2) is 26.1 Å². The highest BCUT2D eigenvalue weighted by Gasteiger charge is 2.18. The molecule has 0 radical (unpaired) electrons. The van der Waals surface area contributed by atoms with Gasteiger partial charge in [-0.3, -0.25) is 4.79 Å². The van der Waals surface area contributed by atoms with Crippen LogP contribution in [0.5, 0.6) is 0 Å². The molecule has 1 amide bonds. The lowest BCUT2D eigenvalue weighted by Crippen LogP contribution is -2.27. The van der Waals surface area contributed by atoms with E-state index in [0.717, 1.165) is 4.88 Å². The fourth-order valence-corrected chi connectivity index (χ4v) is 2.58. The lowest BCUT2D eigenvalue weighted by atomic mass is 10.2. The van der Waals surface area contributed by atoms with Crippen LogP contribution in [0.2, 0.25) is 0 Å². The summed E-state index contributed by atoms with van der Waals surface area (Å²) >= 11 is 1.45. The van der Waals surface area contributed by atoms with E-state index in [9.17, 15) is 4.79 Å². The van der Waals surface area contributed by atoms with Crippen LogP contribution >= 0.6 is 11.3 Å². The van der Waals surface area contributed by atoms with Crippen molar-refractivity contribution >= 4 is 22.9 Å². The van der Waals surface area contributed by atoms with Crippen LogP contribution in [0.15, 0.2) is 48.1 Å². The van der Waals surface area contributed by atoms with Crippen LogP contribution in [0, 0.1) is 0 Å². The topological polar surface area (TPSA) is 98.7 Å². The SMILES string of the molecule is NC(C(=O)Nc1ccccc1-n1cnnn1)c1cccs1. The zero-order valence-electron chi connectivity index (χ0n) is 10.9. The molecule has 2 heterocycles. The molecule has 3 N–H and O–H groups in total. The van der Waals surface area contributed by atoms with Gasteiger partial charge >= 0.3 is 0 Å². The van der Waals surface area contributed by atoms with Gasteiger partial charge in [0.25, 0.3) is 0 Å². The Morgan fingerprint density at radius 3 is 2.86 bits per heavy atom. The average Bonchev–Trinajstić information content (AvgIpc) is 3.20. The molecule has 0 aliphatic carbocycles. The summed E-state index contributed by atoms with van der Waals surface area (Å²) in [6.07, 6.45) is 1.46. The standard InChI is InChI=1S/C13H12N6OS/c14-12(11-6-3-7-21-11)13(20)16-9-4-1-2-5-10(9)19-8-15-17-18-19/h1-8,12H,14H2,(H,16,20). The Labute approximate surface area is 124 Å².